The number of amides is 1. The second-order valence-electron chi connectivity index (χ2n) is 3.89. The first-order valence-corrected chi connectivity index (χ1v) is 6.75. The summed E-state index contributed by atoms with van der Waals surface area (Å²) in [6.45, 7) is 1.90. The van der Waals surface area contributed by atoms with E-state index in [2.05, 4.69) is 10.3 Å². The first kappa shape index (κ1) is 13.5. The van der Waals surface area contributed by atoms with E-state index in [9.17, 15) is 4.79 Å². The average molecular weight is 292 g/mol. The molecule has 0 atom stereocenters. The minimum atomic E-state index is -0.161. The number of halogens is 1. The van der Waals surface area contributed by atoms with E-state index in [1.54, 1.807) is 18.2 Å². The highest BCUT2D eigenvalue weighted by Gasteiger charge is 2.08. The van der Waals surface area contributed by atoms with Crippen molar-refractivity contribution in [3.8, 4) is 6.07 Å². The summed E-state index contributed by atoms with van der Waals surface area (Å²) in [5.74, 6) is -0.161. The first-order chi connectivity index (χ1) is 9.08. The number of thiazole rings is 1. The average Bonchev–Trinajstić information content (AvgIpc) is 2.74. The Kier molecular flexibility index (Phi) is 4.15. The molecule has 0 unspecified atom stereocenters. The number of nitriles is 1. The van der Waals surface area contributed by atoms with Crippen molar-refractivity contribution in [3.05, 3.63) is 44.9 Å². The monoisotopic (exact) mass is 291 g/mol. The largest absolute Gasteiger partial charge is 0.326 e. The maximum Gasteiger partial charge on any atom is 0.230 e. The predicted molar refractivity (Wildman–Crippen MR) is 75.4 cm³/mol. The van der Waals surface area contributed by atoms with Crippen LogP contribution < -0.4 is 5.32 Å². The van der Waals surface area contributed by atoms with Crippen LogP contribution in [0, 0.1) is 18.3 Å². The molecule has 1 N–H and O–H groups in total. The van der Waals surface area contributed by atoms with Gasteiger partial charge < -0.3 is 5.32 Å². The van der Waals surface area contributed by atoms with Crippen LogP contribution in [0.15, 0.2) is 23.6 Å². The second-order valence-corrected chi connectivity index (χ2v) is 5.36. The molecule has 1 heterocycles. The van der Waals surface area contributed by atoms with Crippen LogP contribution in [-0.4, -0.2) is 10.9 Å². The summed E-state index contributed by atoms with van der Waals surface area (Å²) < 4.78 is 0. The van der Waals surface area contributed by atoms with Crippen molar-refractivity contribution in [2.75, 3.05) is 5.32 Å². The zero-order valence-electron chi connectivity index (χ0n) is 10.1. The van der Waals surface area contributed by atoms with Gasteiger partial charge in [-0.1, -0.05) is 11.6 Å². The van der Waals surface area contributed by atoms with Crippen molar-refractivity contribution in [1.82, 2.24) is 4.98 Å². The minimum absolute atomic E-state index is 0.161. The van der Waals surface area contributed by atoms with E-state index in [1.165, 1.54) is 11.3 Å². The lowest BCUT2D eigenvalue weighted by atomic mass is 10.2. The molecule has 0 bridgehead atoms. The van der Waals surface area contributed by atoms with Crippen LogP contribution in [0.25, 0.3) is 0 Å². The Morgan fingerprint density at radius 2 is 2.37 bits per heavy atom. The number of anilines is 1. The maximum absolute atomic E-state index is 11.8. The summed E-state index contributed by atoms with van der Waals surface area (Å²) in [5, 5.41) is 14.6. The number of rotatable bonds is 3. The third kappa shape index (κ3) is 3.53. The highest BCUT2D eigenvalue weighted by Crippen LogP contribution is 2.20. The Hall–Kier alpha value is -1.90. The Bertz CT molecular complexity index is 660. The van der Waals surface area contributed by atoms with E-state index in [-0.39, 0.29) is 12.3 Å². The number of aryl methyl sites for hydroxylation is 1. The topological polar surface area (TPSA) is 65.8 Å². The number of benzene rings is 1. The molecule has 0 fully saturated rings. The van der Waals surface area contributed by atoms with Gasteiger partial charge in [-0.3, -0.25) is 4.79 Å². The van der Waals surface area contributed by atoms with Gasteiger partial charge in [0.1, 0.15) is 6.07 Å². The van der Waals surface area contributed by atoms with Gasteiger partial charge in [0.2, 0.25) is 5.91 Å². The number of nitrogens with zero attached hydrogens (tertiary/aromatic N) is 2. The van der Waals surface area contributed by atoms with E-state index in [4.69, 9.17) is 16.9 Å². The smallest absolute Gasteiger partial charge is 0.230 e. The molecule has 1 aromatic carbocycles. The Morgan fingerprint density at radius 3 is 2.95 bits per heavy atom. The number of carbonyl (C=O) groups excluding carboxylic acids is 1. The van der Waals surface area contributed by atoms with Crippen molar-refractivity contribution < 1.29 is 4.79 Å². The molecule has 19 heavy (non-hydrogen) atoms. The molecule has 0 saturated carbocycles. The molecule has 0 aliphatic rings. The molecule has 1 aromatic heterocycles. The van der Waals surface area contributed by atoms with Gasteiger partial charge in [0.05, 0.1) is 27.7 Å². The Morgan fingerprint density at radius 1 is 1.58 bits per heavy atom. The van der Waals surface area contributed by atoms with Crippen molar-refractivity contribution >= 4 is 34.5 Å². The van der Waals surface area contributed by atoms with Crippen LogP contribution >= 0.6 is 22.9 Å². The molecule has 2 rings (SSSR count). The maximum atomic E-state index is 11.8. The molecule has 2 aromatic rings. The normalized spacial score (nSPS) is 9.95. The third-order valence-corrected chi connectivity index (χ3v) is 3.52. The molecule has 1 amide bonds. The molecule has 0 radical (unpaired) electrons. The molecule has 0 aliphatic heterocycles. The lowest BCUT2D eigenvalue weighted by Crippen LogP contribution is -2.14. The van der Waals surface area contributed by atoms with Crippen molar-refractivity contribution in [2.45, 2.75) is 13.3 Å². The summed E-state index contributed by atoms with van der Waals surface area (Å²) in [6.07, 6.45) is 0.224. The van der Waals surface area contributed by atoms with E-state index in [0.717, 1.165) is 10.7 Å². The quantitative estimate of drug-likeness (QED) is 0.944. The van der Waals surface area contributed by atoms with E-state index in [1.807, 2.05) is 18.4 Å². The fourth-order valence-electron chi connectivity index (χ4n) is 1.54. The van der Waals surface area contributed by atoms with E-state index >= 15 is 0 Å². The van der Waals surface area contributed by atoms with E-state index < -0.39 is 0 Å². The van der Waals surface area contributed by atoms with Crippen LogP contribution in [-0.2, 0) is 11.2 Å². The Labute approximate surface area is 119 Å². The summed E-state index contributed by atoms with van der Waals surface area (Å²) >= 11 is 7.40. The highest BCUT2D eigenvalue weighted by molar-refractivity contribution is 7.09. The van der Waals surface area contributed by atoms with Crippen LogP contribution in [0.2, 0.25) is 5.02 Å². The summed E-state index contributed by atoms with van der Waals surface area (Å²) in [4.78, 5) is 16.0. The molecule has 0 spiro atoms. The standard InChI is InChI=1S/C13H10ClN3OS/c1-8-16-11(7-19-8)5-13(18)17-10-3-2-9(6-15)12(14)4-10/h2-4,7H,5H2,1H3,(H,17,18). The van der Waals surface area contributed by atoms with Gasteiger partial charge in [-0.05, 0) is 25.1 Å². The van der Waals surface area contributed by atoms with Crippen molar-refractivity contribution in [2.24, 2.45) is 0 Å². The van der Waals surface area contributed by atoms with Gasteiger partial charge in [0, 0.05) is 11.1 Å². The fraction of sp³-hybridized carbons (Fsp3) is 0.154. The summed E-state index contributed by atoms with van der Waals surface area (Å²) in [7, 11) is 0. The highest BCUT2D eigenvalue weighted by atomic mass is 35.5. The van der Waals surface area contributed by atoms with Crippen molar-refractivity contribution in [3.63, 3.8) is 0 Å². The molecule has 4 nitrogen and oxygen atoms in total. The van der Waals surface area contributed by atoms with Gasteiger partial charge in [-0.2, -0.15) is 5.26 Å². The van der Waals surface area contributed by atoms with Crippen LogP contribution in [0.4, 0.5) is 5.69 Å². The Balaban J connectivity index is 2.03. The SMILES string of the molecule is Cc1nc(CC(=O)Nc2ccc(C#N)c(Cl)c2)cs1. The zero-order chi connectivity index (χ0) is 13.8. The fourth-order valence-corrected chi connectivity index (χ4v) is 2.38. The van der Waals surface area contributed by atoms with Crippen molar-refractivity contribution in [1.29, 1.82) is 5.26 Å². The number of hydrogen-bond donors (Lipinski definition) is 1. The lowest BCUT2D eigenvalue weighted by Gasteiger charge is -2.05. The molecular weight excluding hydrogens is 282 g/mol. The van der Waals surface area contributed by atoms with Crippen LogP contribution in [0.3, 0.4) is 0 Å². The molecule has 96 valence electrons. The first-order valence-electron chi connectivity index (χ1n) is 5.49. The molecule has 0 aliphatic carbocycles. The van der Waals surface area contributed by atoms with Gasteiger partial charge in [-0.25, -0.2) is 4.98 Å². The van der Waals surface area contributed by atoms with Gasteiger partial charge in [0.15, 0.2) is 0 Å². The summed E-state index contributed by atoms with van der Waals surface area (Å²) in [5.41, 5.74) is 1.70. The third-order valence-electron chi connectivity index (χ3n) is 2.38. The molecular formula is C13H10ClN3OS. The lowest BCUT2D eigenvalue weighted by molar-refractivity contribution is -0.115. The van der Waals surface area contributed by atoms with E-state index in [0.29, 0.717) is 16.3 Å². The van der Waals surface area contributed by atoms with Crippen LogP contribution in [0.5, 0.6) is 0 Å². The van der Waals surface area contributed by atoms with Crippen LogP contribution in [0.1, 0.15) is 16.3 Å². The predicted octanol–water partition coefficient (Wildman–Crippen LogP) is 3.16. The number of aromatic nitrogens is 1. The van der Waals surface area contributed by atoms with Gasteiger partial charge >= 0.3 is 0 Å². The number of nitrogens with one attached hydrogen (secondary N) is 1. The van der Waals surface area contributed by atoms with Gasteiger partial charge in [0.25, 0.3) is 0 Å². The summed E-state index contributed by atoms with van der Waals surface area (Å²) in [6, 6.07) is 6.75. The second kappa shape index (κ2) is 5.83. The van der Waals surface area contributed by atoms with Gasteiger partial charge in [-0.15, -0.1) is 11.3 Å². The minimum Gasteiger partial charge on any atom is -0.326 e. The molecule has 0 saturated heterocycles. The molecule has 6 heteroatoms. The number of hydrogen-bond acceptors (Lipinski definition) is 4. The zero-order valence-corrected chi connectivity index (χ0v) is 11.7. The number of carbonyl (C=O) groups is 1.